The lowest BCUT2D eigenvalue weighted by Gasteiger charge is -2.36. The predicted octanol–water partition coefficient (Wildman–Crippen LogP) is 4.11. The van der Waals surface area contributed by atoms with Crippen molar-refractivity contribution in [1.82, 2.24) is 19.4 Å². The van der Waals surface area contributed by atoms with Gasteiger partial charge in [-0.1, -0.05) is 36.9 Å². The molecule has 6 nitrogen and oxygen atoms in total. The number of benzene rings is 1. The van der Waals surface area contributed by atoms with Crippen molar-refractivity contribution >= 4 is 28.6 Å². The highest BCUT2D eigenvalue weighted by atomic mass is 32.2. The van der Waals surface area contributed by atoms with Crippen LogP contribution in [0.4, 0.5) is 0 Å². The highest BCUT2D eigenvalue weighted by Gasteiger charge is 2.30. The van der Waals surface area contributed by atoms with Crippen LogP contribution in [0.25, 0.3) is 10.9 Å². The summed E-state index contributed by atoms with van der Waals surface area (Å²) in [6.07, 6.45) is 7.75. The molecule has 1 aliphatic rings. The summed E-state index contributed by atoms with van der Waals surface area (Å²) in [6.45, 7) is 5.25. The third-order valence-electron chi connectivity index (χ3n) is 5.90. The molecule has 2 atom stereocenters. The lowest BCUT2D eigenvalue weighted by molar-refractivity contribution is -0.134. The molecule has 0 spiro atoms. The molecular weight excluding hydrogens is 408 g/mol. The Morgan fingerprint density at radius 2 is 2.06 bits per heavy atom. The van der Waals surface area contributed by atoms with Crippen molar-refractivity contribution in [3.8, 4) is 0 Å². The maximum atomic E-state index is 13.3. The van der Waals surface area contributed by atoms with Crippen LogP contribution in [-0.4, -0.2) is 43.2 Å². The fourth-order valence-corrected chi connectivity index (χ4v) is 5.19. The Kier molecular flexibility index (Phi) is 6.70. The van der Waals surface area contributed by atoms with Gasteiger partial charge in [-0.2, -0.15) is 0 Å². The van der Waals surface area contributed by atoms with Gasteiger partial charge in [0.15, 0.2) is 5.16 Å². The summed E-state index contributed by atoms with van der Waals surface area (Å²) in [7, 11) is 0. The molecule has 31 heavy (non-hydrogen) atoms. The second-order valence-corrected chi connectivity index (χ2v) is 9.32. The number of rotatable bonds is 6. The molecule has 7 heteroatoms. The summed E-state index contributed by atoms with van der Waals surface area (Å²) in [4.78, 5) is 37.5. The first-order valence-corrected chi connectivity index (χ1v) is 11.8. The topological polar surface area (TPSA) is 68.1 Å². The van der Waals surface area contributed by atoms with Gasteiger partial charge in [-0.15, -0.1) is 0 Å². The lowest BCUT2D eigenvalue weighted by Crippen LogP contribution is -2.46. The second kappa shape index (κ2) is 9.64. The molecule has 0 bridgehead atoms. The van der Waals surface area contributed by atoms with Crippen molar-refractivity contribution in [2.24, 2.45) is 0 Å². The number of pyridine rings is 1. The van der Waals surface area contributed by atoms with E-state index in [9.17, 15) is 9.59 Å². The maximum Gasteiger partial charge on any atom is 0.262 e. The molecule has 1 saturated heterocycles. The number of amides is 1. The number of fused-ring (bicyclic) bond motifs is 1. The second-order valence-electron chi connectivity index (χ2n) is 8.01. The van der Waals surface area contributed by atoms with E-state index < -0.39 is 0 Å². The summed E-state index contributed by atoms with van der Waals surface area (Å²) in [5, 5.41) is 0.829. The molecule has 3 heterocycles. The highest BCUT2D eigenvalue weighted by Crippen LogP contribution is 2.28. The molecule has 162 valence electrons. The quantitative estimate of drug-likeness (QED) is 0.430. The number of carbonyl (C=O) groups excluding carboxylic acids is 1. The van der Waals surface area contributed by atoms with Crippen LogP contribution in [-0.2, 0) is 11.3 Å². The molecule has 1 fully saturated rings. The summed E-state index contributed by atoms with van der Waals surface area (Å²) in [5.74, 6) is 0.131. The van der Waals surface area contributed by atoms with E-state index in [1.54, 1.807) is 23.0 Å². The Morgan fingerprint density at radius 3 is 2.84 bits per heavy atom. The number of nitrogens with zero attached hydrogens (tertiary/aromatic N) is 4. The number of likely N-dealkylation sites (tertiary alicyclic amines) is 1. The van der Waals surface area contributed by atoms with Crippen molar-refractivity contribution in [1.29, 1.82) is 0 Å². The molecule has 1 aromatic carbocycles. The van der Waals surface area contributed by atoms with E-state index >= 15 is 0 Å². The van der Waals surface area contributed by atoms with Gasteiger partial charge in [0.05, 0.1) is 22.7 Å². The standard InChI is InChI=1S/C24H28N4O2S/c1-3-19-10-6-7-14-27(19)22(29)17(2)31-24-26-21-12-5-4-11-20(21)23(30)28(24)16-18-9-8-13-25-15-18/h4-5,8-9,11-13,15,17,19H,3,6-7,10,14,16H2,1-2H3. The first-order chi connectivity index (χ1) is 15.1. The number of aromatic nitrogens is 3. The van der Waals surface area contributed by atoms with E-state index in [0.717, 1.165) is 31.4 Å². The number of hydrogen-bond acceptors (Lipinski definition) is 5. The van der Waals surface area contributed by atoms with Crippen molar-refractivity contribution < 1.29 is 4.79 Å². The van der Waals surface area contributed by atoms with Gasteiger partial charge in [0, 0.05) is 25.0 Å². The minimum atomic E-state index is -0.319. The molecule has 1 amide bonds. The molecule has 1 aliphatic heterocycles. The first-order valence-electron chi connectivity index (χ1n) is 10.9. The number of para-hydroxylation sites is 1. The Bertz CT molecular complexity index is 1120. The molecule has 4 rings (SSSR count). The minimum Gasteiger partial charge on any atom is -0.339 e. The van der Waals surface area contributed by atoms with Crippen LogP contribution in [0.3, 0.4) is 0 Å². The van der Waals surface area contributed by atoms with E-state index in [0.29, 0.717) is 28.6 Å². The van der Waals surface area contributed by atoms with Crippen molar-refractivity contribution in [3.63, 3.8) is 0 Å². The average Bonchev–Trinajstić information content (AvgIpc) is 2.81. The zero-order valence-corrected chi connectivity index (χ0v) is 18.8. The largest absolute Gasteiger partial charge is 0.339 e. The number of piperidine rings is 1. The van der Waals surface area contributed by atoms with E-state index in [1.165, 1.54) is 18.2 Å². The molecule has 0 aliphatic carbocycles. The van der Waals surface area contributed by atoms with E-state index in [1.807, 2.05) is 42.2 Å². The van der Waals surface area contributed by atoms with Crippen molar-refractivity contribution in [2.75, 3.05) is 6.54 Å². The van der Waals surface area contributed by atoms with Crippen LogP contribution in [0, 0.1) is 0 Å². The van der Waals surface area contributed by atoms with Crippen LogP contribution < -0.4 is 5.56 Å². The van der Waals surface area contributed by atoms with Crippen LogP contribution in [0.15, 0.2) is 58.7 Å². The summed E-state index contributed by atoms with van der Waals surface area (Å²) < 4.78 is 1.67. The Balaban J connectivity index is 1.67. The molecular formula is C24H28N4O2S. The fraction of sp³-hybridized carbons (Fsp3) is 0.417. The first kappa shape index (κ1) is 21.6. The van der Waals surface area contributed by atoms with Gasteiger partial charge in [-0.25, -0.2) is 4.98 Å². The third-order valence-corrected chi connectivity index (χ3v) is 6.98. The maximum absolute atomic E-state index is 13.3. The van der Waals surface area contributed by atoms with E-state index in [2.05, 4.69) is 11.9 Å². The summed E-state index contributed by atoms with van der Waals surface area (Å²) >= 11 is 1.37. The molecule has 0 N–H and O–H groups in total. The van der Waals surface area contributed by atoms with Crippen molar-refractivity contribution in [3.05, 3.63) is 64.7 Å². The zero-order valence-electron chi connectivity index (χ0n) is 18.0. The normalized spacial score (nSPS) is 17.6. The molecule has 2 aromatic heterocycles. The van der Waals surface area contributed by atoms with Gasteiger partial charge in [-0.05, 0) is 56.4 Å². The van der Waals surface area contributed by atoms with Crippen LogP contribution in [0.5, 0.6) is 0 Å². The smallest absolute Gasteiger partial charge is 0.262 e. The SMILES string of the molecule is CCC1CCCCN1C(=O)C(C)Sc1nc2ccccc2c(=O)n1Cc1cccnc1. The van der Waals surface area contributed by atoms with E-state index in [4.69, 9.17) is 4.98 Å². The Labute approximate surface area is 186 Å². The van der Waals surface area contributed by atoms with Crippen LogP contribution >= 0.6 is 11.8 Å². The van der Waals surface area contributed by atoms with Gasteiger partial charge in [-0.3, -0.25) is 19.1 Å². The third kappa shape index (κ3) is 4.66. The fourth-order valence-electron chi connectivity index (χ4n) is 4.21. The average molecular weight is 437 g/mol. The van der Waals surface area contributed by atoms with Gasteiger partial charge in [0.25, 0.3) is 5.56 Å². The number of thioether (sulfide) groups is 1. The Hall–Kier alpha value is -2.67. The lowest BCUT2D eigenvalue weighted by atomic mass is 10.00. The van der Waals surface area contributed by atoms with E-state index in [-0.39, 0.29) is 16.7 Å². The minimum absolute atomic E-state index is 0.0963. The molecule has 3 aromatic rings. The van der Waals surface area contributed by atoms with Gasteiger partial charge < -0.3 is 4.90 Å². The zero-order chi connectivity index (χ0) is 21.8. The van der Waals surface area contributed by atoms with Gasteiger partial charge >= 0.3 is 0 Å². The van der Waals surface area contributed by atoms with Crippen molar-refractivity contribution in [2.45, 2.75) is 62.5 Å². The number of carbonyl (C=O) groups is 1. The van der Waals surface area contributed by atoms with Gasteiger partial charge in [0.2, 0.25) is 5.91 Å². The van der Waals surface area contributed by atoms with Crippen LogP contribution in [0.2, 0.25) is 0 Å². The molecule has 0 radical (unpaired) electrons. The monoisotopic (exact) mass is 436 g/mol. The summed E-state index contributed by atoms with van der Waals surface area (Å²) in [5.41, 5.74) is 1.48. The van der Waals surface area contributed by atoms with Gasteiger partial charge in [0.1, 0.15) is 0 Å². The highest BCUT2D eigenvalue weighted by molar-refractivity contribution is 8.00. The summed E-state index contributed by atoms with van der Waals surface area (Å²) in [6, 6.07) is 11.5. The predicted molar refractivity (Wildman–Crippen MR) is 124 cm³/mol. The molecule has 0 saturated carbocycles. The Morgan fingerprint density at radius 1 is 1.23 bits per heavy atom. The van der Waals surface area contributed by atoms with Crippen LogP contribution in [0.1, 0.15) is 45.1 Å². The molecule has 2 unspecified atom stereocenters. The number of hydrogen-bond donors (Lipinski definition) is 0.